The third-order valence-electron chi connectivity index (χ3n) is 4.60. The van der Waals surface area contributed by atoms with Gasteiger partial charge in [0.2, 0.25) is 5.91 Å². The molecule has 3 aromatic rings. The van der Waals surface area contributed by atoms with Crippen molar-refractivity contribution in [2.24, 2.45) is 0 Å². The Morgan fingerprint density at radius 2 is 2.07 bits per heavy atom. The van der Waals surface area contributed by atoms with E-state index in [1.165, 1.54) is 17.2 Å². The van der Waals surface area contributed by atoms with E-state index in [0.717, 1.165) is 12.1 Å². The second-order valence-electron chi connectivity index (χ2n) is 6.50. The molecule has 144 valence electrons. The fraction of sp³-hybridized carbons (Fsp3) is 0.263. The van der Waals surface area contributed by atoms with Crippen molar-refractivity contribution in [2.75, 3.05) is 11.4 Å². The normalized spacial score (nSPS) is 17.6. The Bertz CT molecular complexity index is 1030. The minimum atomic E-state index is -0.763. The Balaban J connectivity index is 1.54. The van der Waals surface area contributed by atoms with E-state index in [1.54, 1.807) is 12.1 Å². The maximum atomic E-state index is 14.1. The largest absolute Gasteiger partial charge is 0.332 e. The van der Waals surface area contributed by atoms with Crippen LogP contribution in [0.15, 0.2) is 41.1 Å². The summed E-state index contributed by atoms with van der Waals surface area (Å²) in [5, 5.41) is 4.48. The van der Waals surface area contributed by atoms with Gasteiger partial charge in [-0.3, -0.25) is 9.78 Å². The molecule has 0 bridgehead atoms. The highest BCUT2D eigenvalue weighted by Crippen LogP contribution is 2.31. The molecule has 1 amide bonds. The molecule has 9 heteroatoms. The molecule has 3 heterocycles. The number of pyridine rings is 1. The molecule has 1 atom stereocenters. The van der Waals surface area contributed by atoms with Gasteiger partial charge in [-0.05, 0) is 37.1 Å². The summed E-state index contributed by atoms with van der Waals surface area (Å²) in [5.41, 5.74) is 0.519. The highest BCUT2D eigenvalue weighted by atomic mass is 35.5. The summed E-state index contributed by atoms with van der Waals surface area (Å²) in [7, 11) is 0. The van der Waals surface area contributed by atoms with Crippen molar-refractivity contribution in [3.8, 4) is 11.6 Å². The number of carbonyl (C=O) groups is 1. The zero-order chi connectivity index (χ0) is 19.7. The predicted molar refractivity (Wildman–Crippen MR) is 97.8 cm³/mol. The molecule has 1 saturated heterocycles. The second-order valence-corrected chi connectivity index (χ2v) is 6.94. The molecule has 2 aromatic heterocycles. The van der Waals surface area contributed by atoms with Crippen LogP contribution in [0.25, 0.3) is 11.6 Å². The van der Waals surface area contributed by atoms with E-state index in [4.69, 9.17) is 16.1 Å². The first-order valence-corrected chi connectivity index (χ1v) is 9.10. The van der Waals surface area contributed by atoms with Gasteiger partial charge in [0.05, 0.1) is 5.69 Å². The van der Waals surface area contributed by atoms with Gasteiger partial charge in [-0.2, -0.15) is 4.98 Å². The summed E-state index contributed by atoms with van der Waals surface area (Å²) in [6.07, 6.45) is 2.88. The summed E-state index contributed by atoms with van der Waals surface area (Å²) in [6, 6.07) is 6.43. The maximum Gasteiger partial charge on any atom is 0.276 e. The molecule has 0 radical (unpaired) electrons. The lowest BCUT2D eigenvalue weighted by Crippen LogP contribution is -2.31. The van der Waals surface area contributed by atoms with Crippen molar-refractivity contribution in [3.63, 3.8) is 0 Å². The summed E-state index contributed by atoms with van der Waals surface area (Å²) in [6.45, 7) is 0.332. The number of halogens is 3. The van der Waals surface area contributed by atoms with E-state index in [1.807, 2.05) is 0 Å². The number of anilines is 1. The minimum absolute atomic E-state index is 0.0731. The SMILES string of the molecule is O=C1CC(c2noc(-c3cc(Cl)ccn3)n2)CCCN1c1ccc(F)cc1F. The standard InChI is InChI=1S/C19H15ClF2N4O2/c20-12-5-6-23-15(9-12)19-24-18(25-28-19)11-2-1-7-26(17(27)8-11)16-4-3-13(21)10-14(16)22/h3-6,9-11H,1-2,7-8H2. The summed E-state index contributed by atoms with van der Waals surface area (Å²) in [4.78, 5) is 22.5. The fourth-order valence-electron chi connectivity index (χ4n) is 3.25. The molecule has 1 fully saturated rings. The molecule has 0 aliphatic carbocycles. The number of benzene rings is 1. The number of amides is 1. The van der Waals surface area contributed by atoms with Crippen LogP contribution < -0.4 is 4.90 Å². The van der Waals surface area contributed by atoms with Crippen LogP contribution in [0.5, 0.6) is 0 Å². The van der Waals surface area contributed by atoms with Gasteiger partial charge in [0.15, 0.2) is 5.82 Å². The van der Waals surface area contributed by atoms with Crippen LogP contribution in [0.3, 0.4) is 0 Å². The van der Waals surface area contributed by atoms with Gasteiger partial charge in [-0.15, -0.1) is 0 Å². The van der Waals surface area contributed by atoms with E-state index in [9.17, 15) is 13.6 Å². The van der Waals surface area contributed by atoms with Crippen LogP contribution in [0, 0.1) is 11.6 Å². The third-order valence-corrected chi connectivity index (χ3v) is 4.84. The van der Waals surface area contributed by atoms with Crippen molar-refractivity contribution in [3.05, 3.63) is 59.0 Å². The van der Waals surface area contributed by atoms with Gasteiger partial charge < -0.3 is 9.42 Å². The minimum Gasteiger partial charge on any atom is -0.332 e. The number of aromatic nitrogens is 3. The van der Waals surface area contributed by atoms with Gasteiger partial charge in [-0.1, -0.05) is 16.8 Å². The number of nitrogens with zero attached hydrogens (tertiary/aromatic N) is 4. The van der Waals surface area contributed by atoms with Crippen molar-refractivity contribution in [2.45, 2.75) is 25.2 Å². The molecule has 1 aliphatic rings. The molecule has 0 spiro atoms. The van der Waals surface area contributed by atoms with Gasteiger partial charge in [0.1, 0.15) is 17.3 Å². The lowest BCUT2D eigenvalue weighted by atomic mass is 10.00. The molecule has 1 aliphatic heterocycles. The number of carbonyl (C=O) groups excluding carboxylic acids is 1. The first-order valence-electron chi connectivity index (χ1n) is 8.72. The first-order chi connectivity index (χ1) is 13.5. The Kier molecular flexibility index (Phi) is 5.04. The van der Waals surface area contributed by atoms with Crippen LogP contribution in [0.1, 0.15) is 31.0 Å². The van der Waals surface area contributed by atoms with Crippen molar-refractivity contribution in [1.29, 1.82) is 0 Å². The van der Waals surface area contributed by atoms with E-state index >= 15 is 0 Å². The lowest BCUT2D eigenvalue weighted by Gasteiger charge is -2.21. The van der Waals surface area contributed by atoms with Gasteiger partial charge in [-0.25, -0.2) is 8.78 Å². The van der Waals surface area contributed by atoms with Crippen LogP contribution in [-0.2, 0) is 4.79 Å². The molecule has 0 N–H and O–H groups in total. The highest BCUT2D eigenvalue weighted by molar-refractivity contribution is 6.30. The smallest absolute Gasteiger partial charge is 0.276 e. The highest BCUT2D eigenvalue weighted by Gasteiger charge is 2.30. The first kappa shape index (κ1) is 18.5. The number of hydrogen-bond donors (Lipinski definition) is 0. The van der Waals surface area contributed by atoms with E-state index < -0.39 is 11.6 Å². The number of hydrogen-bond acceptors (Lipinski definition) is 5. The molecule has 28 heavy (non-hydrogen) atoms. The molecular weight excluding hydrogens is 390 g/mol. The maximum absolute atomic E-state index is 14.1. The Labute approximate surface area is 164 Å². The van der Waals surface area contributed by atoms with E-state index in [-0.39, 0.29) is 29.8 Å². The Hall–Kier alpha value is -2.87. The Morgan fingerprint density at radius 1 is 1.21 bits per heavy atom. The number of rotatable bonds is 3. The molecule has 6 nitrogen and oxygen atoms in total. The Morgan fingerprint density at radius 3 is 2.86 bits per heavy atom. The summed E-state index contributed by atoms with van der Waals surface area (Å²) in [5.74, 6) is -1.38. The van der Waals surface area contributed by atoms with E-state index in [2.05, 4.69) is 15.1 Å². The summed E-state index contributed by atoms with van der Waals surface area (Å²) >= 11 is 5.95. The molecule has 0 saturated carbocycles. The van der Waals surface area contributed by atoms with Crippen molar-refractivity contribution < 1.29 is 18.1 Å². The molecule has 1 aromatic carbocycles. The predicted octanol–water partition coefficient (Wildman–Crippen LogP) is 4.36. The third kappa shape index (κ3) is 3.73. The fourth-order valence-corrected chi connectivity index (χ4v) is 3.41. The molecular formula is C19H15ClF2N4O2. The van der Waals surface area contributed by atoms with Crippen LogP contribution in [0.4, 0.5) is 14.5 Å². The molecule has 1 unspecified atom stereocenters. The van der Waals surface area contributed by atoms with Gasteiger partial charge in [0, 0.05) is 36.2 Å². The quantitative estimate of drug-likeness (QED) is 0.648. The zero-order valence-electron chi connectivity index (χ0n) is 14.6. The van der Waals surface area contributed by atoms with Crippen LogP contribution >= 0.6 is 11.6 Å². The van der Waals surface area contributed by atoms with Crippen LogP contribution in [-0.4, -0.2) is 27.6 Å². The average molecular weight is 405 g/mol. The average Bonchev–Trinajstić information content (AvgIpc) is 3.07. The summed E-state index contributed by atoms with van der Waals surface area (Å²) < 4.78 is 32.5. The van der Waals surface area contributed by atoms with Crippen LogP contribution in [0.2, 0.25) is 5.02 Å². The monoisotopic (exact) mass is 404 g/mol. The van der Waals surface area contributed by atoms with Gasteiger partial charge in [0.25, 0.3) is 5.89 Å². The topological polar surface area (TPSA) is 72.1 Å². The lowest BCUT2D eigenvalue weighted by molar-refractivity contribution is -0.118. The molecule has 4 rings (SSSR count). The zero-order valence-corrected chi connectivity index (χ0v) is 15.4. The van der Waals surface area contributed by atoms with Gasteiger partial charge >= 0.3 is 0 Å². The van der Waals surface area contributed by atoms with E-state index in [0.29, 0.717) is 35.9 Å². The van der Waals surface area contributed by atoms with Crippen molar-refractivity contribution in [1.82, 2.24) is 15.1 Å². The second kappa shape index (κ2) is 7.63. The van der Waals surface area contributed by atoms with Crippen molar-refractivity contribution >= 4 is 23.2 Å².